The van der Waals surface area contributed by atoms with Gasteiger partial charge in [0.15, 0.2) is 0 Å². The van der Waals surface area contributed by atoms with Crippen LogP contribution in [0, 0.1) is 0 Å². The lowest BCUT2D eigenvalue weighted by Crippen LogP contribution is -2.23. The fraction of sp³-hybridized carbons (Fsp3) is 1.00. The smallest absolute Gasteiger partial charge is 0.376 e. The Morgan fingerprint density at radius 3 is 2.33 bits per heavy atom. The van der Waals surface area contributed by atoms with E-state index in [9.17, 15) is 8.78 Å². The molecule has 0 aromatic heterocycles. The van der Waals surface area contributed by atoms with Gasteiger partial charge in [-0.25, -0.2) is 0 Å². The maximum atomic E-state index is 11.4. The van der Waals surface area contributed by atoms with Gasteiger partial charge in [-0.3, -0.25) is 0 Å². The Balaban J connectivity index is 3.07. The van der Waals surface area contributed by atoms with Crippen LogP contribution in [0.4, 0.5) is 8.78 Å². The predicted molar refractivity (Wildman–Crippen MR) is 25.1 cm³/mol. The monoisotopic (exact) mass is 142 g/mol. The molecule has 0 saturated carbocycles. The molecule has 56 valence electrons. The molecule has 0 saturated heterocycles. The molecule has 0 heterocycles. The van der Waals surface area contributed by atoms with Gasteiger partial charge < -0.3 is 14.9 Å². The van der Waals surface area contributed by atoms with E-state index >= 15 is 0 Å². The minimum atomic E-state index is -3.78. The second kappa shape index (κ2) is 3.71. The highest BCUT2D eigenvalue weighted by atomic mass is 19.3. The average molecular weight is 142 g/mol. The number of hydrogen-bond donors (Lipinski definition) is 2. The van der Waals surface area contributed by atoms with E-state index in [1.165, 1.54) is 0 Å². The Morgan fingerprint density at radius 2 is 2.00 bits per heavy atom. The summed E-state index contributed by atoms with van der Waals surface area (Å²) >= 11 is 0. The minimum absolute atomic E-state index is 0.184. The van der Waals surface area contributed by atoms with Crippen molar-refractivity contribution in [2.75, 3.05) is 19.8 Å². The summed E-state index contributed by atoms with van der Waals surface area (Å²) in [5.74, 6) is 0. The van der Waals surface area contributed by atoms with Crippen LogP contribution in [0.15, 0.2) is 0 Å². The Morgan fingerprint density at radius 1 is 1.44 bits per heavy atom. The van der Waals surface area contributed by atoms with Gasteiger partial charge in [-0.2, -0.15) is 8.78 Å². The van der Waals surface area contributed by atoms with Crippen LogP contribution in [0.5, 0.6) is 0 Å². The summed E-state index contributed by atoms with van der Waals surface area (Å²) in [6.45, 7) is -1.57. The second-order valence-corrected chi connectivity index (χ2v) is 1.44. The third-order valence-corrected chi connectivity index (χ3v) is 0.511. The van der Waals surface area contributed by atoms with E-state index in [1.807, 2.05) is 0 Å². The second-order valence-electron chi connectivity index (χ2n) is 1.44. The summed E-state index contributed by atoms with van der Waals surface area (Å²) in [5.41, 5.74) is 0. The summed E-state index contributed by atoms with van der Waals surface area (Å²) in [6, 6.07) is 0. The molecule has 0 aliphatic carbocycles. The number of aliphatic hydroxyl groups is 2. The number of alkyl halides is 2. The fourth-order valence-corrected chi connectivity index (χ4v) is 0.260. The number of rotatable bonds is 4. The first-order valence-electron chi connectivity index (χ1n) is 2.35. The van der Waals surface area contributed by atoms with E-state index in [-0.39, 0.29) is 13.2 Å². The molecule has 0 aromatic rings. The van der Waals surface area contributed by atoms with Crippen molar-refractivity contribution in [2.45, 2.75) is 6.11 Å². The molecule has 0 atom stereocenters. The molecule has 0 radical (unpaired) electrons. The number of aliphatic hydroxyl groups excluding tert-OH is 1. The van der Waals surface area contributed by atoms with Gasteiger partial charge in [-0.15, -0.1) is 0 Å². The molecule has 0 aliphatic rings. The first-order valence-corrected chi connectivity index (χ1v) is 2.35. The number of ether oxygens (including phenoxy) is 1. The van der Waals surface area contributed by atoms with E-state index in [0.29, 0.717) is 0 Å². The van der Waals surface area contributed by atoms with Gasteiger partial charge in [0, 0.05) is 0 Å². The zero-order chi connectivity index (χ0) is 7.33. The zero-order valence-electron chi connectivity index (χ0n) is 4.68. The summed E-state index contributed by atoms with van der Waals surface area (Å²) < 4.78 is 26.9. The van der Waals surface area contributed by atoms with Crippen LogP contribution in [0.1, 0.15) is 0 Å². The van der Waals surface area contributed by atoms with Gasteiger partial charge in [-0.1, -0.05) is 0 Å². The fourth-order valence-electron chi connectivity index (χ4n) is 0.260. The van der Waals surface area contributed by atoms with Crippen LogP contribution in [-0.2, 0) is 4.74 Å². The van der Waals surface area contributed by atoms with Crippen molar-refractivity contribution in [3.8, 4) is 0 Å². The summed E-state index contributed by atoms with van der Waals surface area (Å²) in [4.78, 5) is 0. The summed E-state index contributed by atoms with van der Waals surface area (Å²) in [7, 11) is 0. The molecule has 0 spiro atoms. The first-order chi connectivity index (χ1) is 4.06. The maximum absolute atomic E-state index is 11.4. The molecule has 0 unspecified atom stereocenters. The van der Waals surface area contributed by atoms with Gasteiger partial charge in [-0.05, 0) is 0 Å². The molecule has 0 aliphatic heterocycles. The van der Waals surface area contributed by atoms with Crippen molar-refractivity contribution in [3.05, 3.63) is 0 Å². The van der Waals surface area contributed by atoms with Crippen molar-refractivity contribution in [1.29, 1.82) is 0 Å². The Labute approximate surface area is 50.9 Å². The Hall–Kier alpha value is -0.260. The molecule has 0 aromatic carbocycles. The third kappa shape index (κ3) is 7.74. The Kier molecular flexibility index (Phi) is 3.60. The maximum Gasteiger partial charge on any atom is 0.376 e. The predicted octanol–water partition coefficient (Wildman–Crippen LogP) is -0.420. The van der Waals surface area contributed by atoms with E-state index in [1.54, 1.807) is 0 Å². The van der Waals surface area contributed by atoms with Crippen LogP contribution in [-0.4, -0.2) is 36.1 Å². The quantitative estimate of drug-likeness (QED) is 0.524. The largest absolute Gasteiger partial charge is 0.394 e. The van der Waals surface area contributed by atoms with Gasteiger partial charge in [0.1, 0.15) is 6.61 Å². The van der Waals surface area contributed by atoms with E-state index in [2.05, 4.69) is 4.74 Å². The number of hydrogen-bond acceptors (Lipinski definition) is 3. The lowest BCUT2D eigenvalue weighted by Gasteiger charge is -2.07. The zero-order valence-corrected chi connectivity index (χ0v) is 4.68. The molecule has 0 rings (SSSR count). The molecule has 3 nitrogen and oxygen atoms in total. The average Bonchev–Trinajstić information content (AvgIpc) is 1.63. The van der Waals surface area contributed by atoms with Gasteiger partial charge in [0.2, 0.25) is 0 Å². The summed E-state index contributed by atoms with van der Waals surface area (Å²) in [6.07, 6.45) is -3.78. The van der Waals surface area contributed by atoms with Crippen LogP contribution in [0.3, 0.4) is 0 Å². The molecule has 0 amide bonds. The van der Waals surface area contributed by atoms with E-state index < -0.39 is 12.7 Å². The molecule has 9 heavy (non-hydrogen) atoms. The van der Waals surface area contributed by atoms with Crippen LogP contribution in [0.25, 0.3) is 0 Å². The van der Waals surface area contributed by atoms with Crippen molar-refractivity contribution in [2.24, 2.45) is 0 Å². The van der Waals surface area contributed by atoms with Crippen molar-refractivity contribution < 1.29 is 23.7 Å². The summed E-state index contributed by atoms with van der Waals surface area (Å²) in [5, 5.41) is 15.7. The molecule has 0 fully saturated rings. The van der Waals surface area contributed by atoms with Crippen molar-refractivity contribution >= 4 is 0 Å². The van der Waals surface area contributed by atoms with E-state index in [4.69, 9.17) is 10.2 Å². The highest BCUT2D eigenvalue weighted by Crippen LogP contribution is 2.06. The molecule has 5 heteroatoms. The van der Waals surface area contributed by atoms with Crippen LogP contribution >= 0.6 is 0 Å². The highest BCUT2D eigenvalue weighted by molar-refractivity contribution is 4.43. The lowest BCUT2D eigenvalue weighted by molar-refractivity contribution is -0.232. The molecule has 2 N–H and O–H groups in total. The van der Waals surface area contributed by atoms with Crippen LogP contribution in [0.2, 0.25) is 0 Å². The molecular weight excluding hydrogens is 134 g/mol. The normalized spacial score (nSPS) is 12.0. The minimum Gasteiger partial charge on any atom is -0.394 e. The molecular formula is C4H8F2O3. The highest BCUT2D eigenvalue weighted by Gasteiger charge is 2.23. The lowest BCUT2D eigenvalue weighted by atomic mass is 10.6. The topological polar surface area (TPSA) is 49.7 Å². The number of halogens is 2. The van der Waals surface area contributed by atoms with Crippen LogP contribution < -0.4 is 0 Å². The van der Waals surface area contributed by atoms with Gasteiger partial charge >= 0.3 is 6.11 Å². The molecule has 0 bridgehead atoms. The van der Waals surface area contributed by atoms with Gasteiger partial charge in [0.25, 0.3) is 0 Å². The Bertz CT molecular complexity index is 70.7. The van der Waals surface area contributed by atoms with E-state index in [0.717, 1.165) is 0 Å². The third-order valence-electron chi connectivity index (χ3n) is 0.511. The van der Waals surface area contributed by atoms with Gasteiger partial charge in [0.05, 0.1) is 13.2 Å². The first kappa shape index (κ1) is 8.74. The SMILES string of the molecule is OCCOCC(O)(F)F. The standard InChI is InChI=1S/C4H8F2O3/c5-4(6,8)3-9-2-1-7/h7-8H,1-3H2. The van der Waals surface area contributed by atoms with Crippen molar-refractivity contribution in [1.82, 2.24) is 0 Å². The van der Waals surface area contributed by atoms with Crippen molar-refractivity contribution in [3.63, 3.8) is 0 Å².